The fourth-order valence-corrected chi connectivity index (χ4v) is 31.7. The highest BCUT2D eigenvalue weighted by Gasteiger charge is 2.76. The van der Waals surface area contributed by atoms with E-state index in [1.165, 1.54) is 167 Å². The van der Waals surface area contributed by atoms with Crippen molar-refractivity contribution >= 4 is 29.8 Å². The lowest BCUT2D eigenvalue weighted by molar-refractivity contribution is -0.309. The number of ether oxygens (including phenoxy) is 7. The van der Waals surface area contributed by atoms with E-state index in [-0.39, 0.29) is 148 Å². The Labute approximate surface area is 810 Å². The van der Waals surface area contributed by atoms with Crippen LogP contribution in [0.25, 0.3) is 0 Å². The SMILES string of the molecule is C.C.C.C.C.C.C.C.C.C.CC.CC.CC.CC.CC.CCC(C)(C)C(=O)OC(C)(C)C12CC3CC4C5CC(CC41)CC2C5C3.CCC(C)(C)C(=O)OC(C)(C)C1CC2CCC1C2.CCC(C)(C)C(=O)OC(C)OC12CC3CC(CC(C3)C1)C2.CCC(C)(C)C(=O)OC(C)OC1CC2CC1C1C3CCC(C3)C21.CCC(C)(C)C(=O)OC1(C)C2CC3C4CC5CC3C1C(C5)C4C2. The third kappa shape index (κ3) is 24.1. The molecule has 0 saturated heterocycles. The van der Waals surface area contributed by atoms with Gasteiger partial charge in [-0.25, -0.2) is 0 Å². The van der Waals surface area contributed by atoms with Crippen LogP contribution in [0.4, 0.5) is 0 Å². The van der Waals surface area contributed by atoms with Gasteiger partial charge in [-0.3, -0.25) is 24.0 Å². The quantitative estimate of drug-likeness (QED) is 0.0466. The molecule has 26 bridgehead atoms. The van der Waals surface area contributed by atoms with Gasteiger partial charge >= 0.3 is 29.8 Å². The molecule has 0 amide bonds. The van der Waals surface area contributed by atoms with Gasteiger partial charge in [0.2, 0.25) is 6.29 Å². The Balaban J connectivity index is 0.00000154. The maximum Gasteiger partial charge on any atom is 0.313 e. The molecule has 24 aliphatic carbocycles. The lowest BCUT2D eigenvalue weighted by atomic mass is 9.28. The first-order valence-corrected chi connectivity index (χ1v) is 52.0. The average Bonchev–Trinajstić information content (AvgIpc) is 0.801. The molecule has 0 spiro atoms. The van der Waals surface area contributed by atoms with Gasteiger partial charge in [-0.05, 0) is 458 Å². The van der Waals surface area contributed by atoms with Crippen LogP contribution in [0.5, 0.6) is 0 Å². The van der Waals surface area contributed by atoms with Crippen LogP contribution in [-0.4, -0.2) is 70.9 Å². The van der Waals surface area contributed by atoms with Gasteiger partial charge in [0.1, 0.15) is 16.8 Å². The summed E-state index contributed by atoms with van der Waals surface area (Å²) >= 11 is 0. The van der Waals surface area contributed by atoms with Gasteiger partial charge in [0.05, 0.1) is 38.8 Å². The summed E-state index contributed by atoms with van der Waals surface area (Å²) in [5.41, 5.74) is -2.37. The molecule has 0 radical (unpaired) electrons. The number of carbonyl (C=O) groups is 5. The summed E-state index contributed by atoms with van der Waals surface area (Å²) in [6, 6.07) is 0. The van der Waals surface area contributed by atoms with Gasteiger partial charge in [-0.1, -0.05) is 185 Å². The van der Waals surface area contributed by atoms with Crippen LogP contribution in [0.2, 0.25) is 0 Å². The highest BCUT2D eigenvalue weighted by molar-refractivity contribution is 5.78. The fourth-order valence-electron chi connectivity index (χ4n) is 31.7. The van der Waals surface area contributed by atoms with Crippen LogP contribution in [0.3, 0.4) is 0 Å². The van der Waals surface area contributed by atoms with E-state index in [2.05, 4.69) is 48.5 Å². The zero-order valence-electron chi connectivity index (χ0n) is 83.6. The van der Waals surface area contributed by atoms with Crippen molar-refractivity contribution in [3.63, 3.8) is 0 Å². The number of fused-ring (bicyclic) bond motifs is 11. The number of hydrogen-bond donors (Lipinski definition) is 0. The van der Waals surface area contributed by atoms with Crippen LogP contribution >= 0.6 is 0 Å². The second kappa shape index (κ2) is 49.4. The van der Waals surface area contributed by atoms with Crippen LogP contribution in [0, 0.1) is 192 Å². The van der Waals surface area contributed by atoms with Crippen molar-refractivity contribution in [3.8, 4) is 0 Å². The average molecular weight is 1840 g/mol. The van der Waals surface area contributed by atoms with Crippen LogP contribution < -0.4 is 0 Å². The number of carbonyl (C=O) groups excluding carboxylic acids is 5. The van der Waals surface area contributed by atoms with E-state index in [1.54, 1.807) is 0 Å². The van der Waals surface area contributed by atoms with Crippen LogP contribution in [0.1, 0.15) is 495 Å². The van der Waals surface area contributed by atoms with Gasteiger partial charge in [-0.2, -0.15) is 0 Å². The van der Waals surface area contributed by atoms with Gasteiger partial charge in [0.25, 0.3) is 0 Å². The fraction of sp³-hybridized carbons (Fsp3) is 0.958. The minimum absolute atomic E-state index is 0. The molecular weight excluding hydrogens is 1610 g/mol. The van der Waals surface area contributed by atoms with Gasteiger partial charge in [0.15, 0.2) is 6.29 Å². The van der Waals surface area contributed by atoms with Crippen molar-refractivity contribution in [2.24, 2.45) is 192 Å². The molecule has 0 aliphatic heterocycles. The molecule has 24 saturated carbocycles. The zero-order chi connectivity index (χ0) is 89.1. The minimum Gasteiger partial charge on any atom is -0.459 e. The molecule has 0 aromatic rings. The van der Waals surface area contributed by atoms with E-state index in [9.17, 15) is 24.0 Å². The first-order valence-electron chi connectivity index (χ1n) is 52.0. The van der Waals surface area contributed by atoms with Crippen LogP contribution in [0.15, 0.2) is 0 Å². The molecule has 0 aromatic carbocycles. The second-order valence-electron chi connectivity index (χ2n) is 47.1. The Bertz CT molecular complexity index is 3310. The minimum atomic E-state index is -0.418. The van der Waals surface area contributed by atoms with Gasteiger partial charge in [-0.15, -0.1) is 0 Å². The standard InChI is InChI=1S/C23H36O2.C21H32O2.C20H32O3.C18H30O3.C16H28O2.5C2H6.10CH4/c1-6-21(2,3)20(24)25-22(4,5)23-12-14-8-16-15-7-13(10-18(16)23)11-19(23)17(15)9-14;1-5-20(2,3)19(22)23-21(4)12-9-14-13-6-11-7-16(14)18(21)17(8-11)15(13)10-12;1-5-20(3,4)19(21)23-11(2)22-16-10-14-9-15(16)18-13-7-6-12(8-13)17(14)18;1-5-17(3,4)16(19)20-12(2)21-18-9-13-6-14(10-18)8-15(7-13)11-18;1-6-15(2,3)14(17)18-16(4,5)13-10-11-7-8-12(13)9-11;5*1-2;;;;;;;;;;/h13-19H,6-12H2,1-5H3;2*11-18H,5-10H2,1-4H3;12-15H,5-11H2,1-4H3;11-13H,6-10H2,1-5H3;5*1-2H3;10*1H4. The Morgan fingerprint density at radius 3 is 1.13 bits per heavy atom. The summed E-state index contributed by atoms with van der Waals surface area (Å²) in [5.74, 6) is 23.7. The monoisotopic (exact) mass is 1840 g/mol. The highest BCUT2D eigenvalue weighted by Crippen LogP contribution is 2.80. The number of rotatable bonds is 21. The molecule has 772 valence electrons. The van der Waals surface area contributed by atoms with E-state index >= 15 is 0 Å². The summed E-state index contributed by atoms with van der Waals surface area (Å²) in [5, 5.41) is 0. The van der Waals surface area contributed by atoms with Crippen molar-refractivity contribution in [1.29, 1.82) is 0 Å². The molecular formula is C118H228O12. The van der Waals surface area contributed by atoms with Gasteiger partial charge in [0, 0.05) is 17.3 Å². The van der Waals surface area contributed by atoms with Crippen molar-refractivity contribution in [3.05, 3.63) is 0 Å². The molecule has 0 N–H and O–H groups in total. The summed E-state index contributed by atoms with van der Waals surface area (Å²) in [4.78, 5) is 62.5. The molecule has 12 nitrogen and oxygen atoms in total. The summed E-state index contributed by atoms with van der Waals surface area (Å²) in [6.45, 7) is 65.1. The van der Waals surface area contributed by atoms with Crippen molar-refractivity contribution in [2.45, 2.75) is 536 Å². The summed E-state index contributed by atoms with van der Waals surface area (Å²) < 4.78 is 42.5. The topological polar surface area (TPSA) is 150 Å². The highest BCUT2D eigenvalue weighted by atomic mass is 16.7. The van der Waals surface area contributed by atoms with E-state index in [4.69, 9.17) is 33.2 Å². The van der Waals surface area contributed by atoms with E-state index in [1.807, 2.05) is 173 Å². The second-order valence-corrected chi connectivity index (χ2v) is 47.1. The summed E-state index contributed by atoms with van der Waals surface area (Å²) in [6.07, 6.45) is 39.5. The normalized spacial score (nSPS) is 38.4. The third-order valence-electron chi connectivity index (χ3n) is 38.5. The molecule has 24 rings (SSSR count). The smallest absolute Gasteiger partial charge is 0.313 e. The lowest BCUT2D eigenvalue weighted by Crippen LogP contribution is -2.73. The Kier molecular flexibility index (Phi) is 48.4. The molecule has 130 heavy (non-hydrogen) atoms. The first-order chi connectivity index (χ1) is 56.5. The number of esters is 5. The molecule has 0 heterocycles. The predicted octanol–water partition coefficient (Wildman–Crippen LogP) is 34.5. The first kappa shape index (κ1) is 127. The van der Waals surface area contributed by atoms with E-state index in [0.717, 1.165) is 174 Å². The summed E-state index contributed by atoms with van der Waals surface area (Å²) in [7, 11) is 0. The van der Waals surface area contributed by atoms with E-state index < -0.39 is 23.4 Å². The molecule has 24 aliphatic rings. The van der Waals surface area contributed by atoms with Crippen molar-refractivity contribution < 1.29 is 57.1 Å². The zero-order valence-corrected chi connectivity index (χ0v) is 83.6. The van der Waals surface area contributed by atoms with Crippen molar-refractivity contribution in [1.82, 2.24) is 0 Å². The maximum atomic E-state index is 13.0. The maximum absolute atomic E-state index is 13.0. The molecule has 12 heteroatoms. The lowest BCUT2D eigenvalue weighted by Gasteiger charge is -2.77. The number of hydrogen-bond acceptors (Lipinski definition) is 12. The predicted molar refractivity (Wildman–Crippen MR) is 556 cm³/mol. The van der Waals surface area contributed by atoms with Gasteiger partial charge < -0.3 is 33.2 Å². The molecule has 21 unspecified atom stereocenters. The van der Waals surface area contributed by atoms with Crippen molar-refractivity contribution in [2.75, 3.05) is 0 Å². The van der Waals surface area contributed by atoms with E-state index in [0.29, 0.717) is 23.9 Å². The molecule has 21 atom stereocenters. The molecule has 0 aromatic heterocycles. The largest absolute Gasteiger partial charge is 0.459 e. The third-order valence-corrected chi connectivity index (χ3v) is 38.5. The Morgan fingerprint density at radius 2 is 0.700 bits per heavy atom. The molecule has 24 fully saturated rings. The Hall–Kier alpha value is -2.73. The Morgan fingerprint density at radius 1 is 0.331 bits per heavy atom. The van der Waals surface area contributed by atoms with Crippen LogP contribution in [-0.2, 0) is 57.1 Å².